The molecule has 0 spiro atoms. The van der Waals surface area contributed by atoms with Crippen molar-refractivity contribution in [2.75, 3.05) is 18.0 Å². The Balaban J connectivity index is 1.89. The second-order valence-corrected chi connectivity index (χ2v) is 6.74. The van der Waals surface area contributed by atoms with E-state index in [1.54, 1.807) is 0 Å². The topological polar surface area (TPSA) is 66.3 Å². The summed E-state index contributed by atoms with van der Waals surface area (Å²) >= 11 is 0. The van der Waals surface area contributed by atoms with Crippen molar-refractivity contribution in [2.45, 2.75) is 32.6 Å². The largest absolute Gasteiger partial charge is 0.481 e. The van der Waals surface area contributed by atoms with Crippen molar-refractivity contribution >= 4 is 11.8 Å². The highest BCUT2D eigenvalue weighted by Crippen LogP contribution is 2.36. The second kappa shape index (κ2) is 7.35. The fraction of sp³-hybridized carbons (Fsp3) is 0.421. The van der Waals surface area contributed by atoms with Crippen molar-refractivity contribution < 1.29 is 18.7 Å². The smallest absolute Gasteiger partial charge is 0.311 e. The molecule has 0 saturated carbocycles. The first-order valence-corrected chi connectivity index (χ1v) is 8.67. The van der Waals surface area contributed by atoms with E-state index >= 15 is 0 Å². The molecule has 0 amide bonds. The minimum atomic E-state index is -1.14. The molecule has 2 aromatic rings. The van der Waals surface area contributed by atoms with Crippen LogP contribution in [0.3, 0.4) is 0 Å². The van der Waals surface area contributed by atoms with Gasteiger partial charge in [-0.05, 0) is 37.3 Å². The SMILES string of the molecule is CCc1cc(N2CCC[C@@](Cc3ccc(F)cc3F)(C(=O)O)C2)ncn1. The Morgan fingerprint density at radius 3 is 2.81 bits per heavy atom. The van der Waals surface area contributed by atoms with Gasteiger partial charge in [-0.25, -0.2) is 18.7 Å². The van der Waals surface area contributed by atoms with Crippen molar-refractivity contribution in [2.24, 2.45) is 5.41 Å². The average Bonchev–Trinajstić information content (AvgIpc) is 2.64. The Kier molecular flexibility index (Phi) is 5.15. The minimum Gasteiger partial charge on any atom is -0.481 e. The molecule has 0 bridgehead atoms. The summed E-state index contributed by atoms with van der Waals surface area (Å²) in [5, 5.41) is 9.91. The zero-order chi connectivity index (χ0) is 18.7. The maximum atomic E-state index is 14.1. The number of aliphatic carboxylic acids is 1. The first-order chi connectivity index (χ1) is 12.4. The molecule has 0 radical (unpaired) electrons. The molecule has 1 atom stereocenters. The fourth-order valence-electron chi connectivity index (χ4n) is 3.50. The van der Waals surface area contributed by atoms with E-state index in [1.165, 1.54) is 12.4 Å². The summed E-state index contributed by atoms with van der Waals surface area (Å²) in [7, 11) is 0. The first kappa shape index (κ1) is 18.2. The van der Waals surface area contributed by atoms with Gasteiger partial charge in [0, 0.05) is 30.9 Å². The van der Waals surface area contributed by atoms with Crippen LogP contribution in [0.4, 0.5) is 14.6 Å². The van der Waals surface area contributed by atoms with E-state index in [0.717, 1.165) is 24.2 Å². The Morgan fingerprint density at radius 2 is 2.12 bits per heavy atom. The predicted octanol–water partition coefficient (Wildman–Crippen LogP) is 3.23. The molecule has 1 saturated heterocycles. The van der Waals surface area contributed by atoms with Crippen LogP contribution in [0.15, 0.2) is 30.6 Å². The monoisotopic (exact) mass is 361 g/mol. The Morgan fingerprint density at radius 1 is 1.31 bits per heavy atom. The van der Waals surface area contributed by atoms with Crippen molar-refractivity contribution in [3.8, 4) is 0 Å². The quantitative estimate of drug-likeness (QED) is 0.886. The normalized spacial score (nSPS) is 20.2. The minimum absolute atomic E-state index is 0.0106. The molecule has 1 N–H and O–H groups in total. The van der Waals surface area contributed by atoms with E-state index < -0.39 is 23.0 Å². The number of piperidine rings is 1. The van der Waals surface area contributed by atoms with Crippen LogP contribution < -0.4 is 4.90 Å². The molecule has 1 aliphatic rings. The zero-order valence-electron chi connectivity index (χ0n) is 14.6. The molecule has 1 aliphatic heterocycles. The van der Waals surface area contributed by atoms with Gasteiger partial charge >= 0.3 is 5.97 Å². The maximum absolute atomic E-state index is 14.1. The highest BCUT2D eigenvalue weighted by Gasteiger charge is 2.43. The predicted molar refractivity (Wildman–Crippen MR) is 93.0 cm³/mol. The summed E-state index contributed by atoms with van der Waals surface area (Å²) in [5.41, 5.74) is -0.0486. The number of anilines is 1. The lowest BCUT2D eigenvalue weighted by atomic mass is 9.75. The number of aryl methyl sites for hydroxylation is 1. The molecule has 3 rings (SSSR count). The van der Waals surface area contributed by atoms with Crippen molar-refractivity contribution in [1.29, 1.82) is 0 Å². The van der Waals surface area contributed by atoms with E-state index in [4.69, 9.17) is 0 Å². The molecule has 0 unspecified atom stereocenters. The fourth-order valence-corrected chi connectivity index (χ4v) is 3.50. The van der Waals surface area contributed by atoms with Gasteiger partial charge in [0.05, 0.1) is 5.41 Å². The number of hydrogen-bond donors (Lipinski definition) is 1. The van der Waals surface area contributed by atoms with Gasteiger partial charge in [0.1, 0.15) is 23.8 Å². The molecule has 26 heavy (non-hydrogen) atoms. The van der Waals surface area contributed by atoms with Gasteiger partial charge in [0.25, 0.3) is 0 Å². The summed E-state index contributed by atoms with van der Waals surface area (Å²) in [4.78, 5) is 22.5. The number of rotatable bonds is 5. The molecule has 7 heteroatoms. The molecule has 138 valence electrons. The number of carbonyl (C=O) groups is 1. The van der Waals surface area contributed by atoms with E-state index in [0.29, 0.717) is 25.2 Å². The first-order valence-electron chi connectivity index (χ1n) is 8.67. The van der Waals surface area contributed by atoms with Crippen LogP contribution in [0.1, 0.15) is 31.0 Å². The van der Waals surface area contributed by atoms with Crippen LogP contribution in [0.2, 0.25) is 0 Å². The van der Waals surface area contributed by atoms with Crippen LogP contribution >= 0.6 is 0 Å². The van der Waals surface area contributed by atoms with Gasteiger partial charge in [-0.3, -0.25) is 4.79 Å². The number of aromatic nitrogens is 2. The maximum Gasteiger partial charge on any atom is 0.311 e. The van der Waals surface area contributed by atoms with Gasteiger partial charge in [-0.15, -0.1) is 0 Å². The summed E-state index contributed by atoms with van der Waals surface area (Å²) < 4.78 is 27.2. The third-order valence-corrected chi connectivity index (χ3v) is 4.97. The van der Waals surface area contributed by atoms with Gasteiger partial charge in [0.2, 0.25) is 0 Å². The number of halogens is 2. The molecule has 1 fully saturated rings. The average molecular weight is 361 g/mol. The van der Waals surface area contributed by atoms with Crippen LogP contribution in [0, 0.1) is 17.0 Å². The lowest BCUT2D eigenvalue weighted by Crippen LogP contribution is -2.49. The number of nitrogens with zero attached hydrogens (tertiary/aromatic N) is 3. The van der Waals surface area contributed by atoms with Crippen molar-refractivity contribution in [3.05, 3.63) is 53.5 Å². The standard InChI is InChI=1S/C19H21F2N3O2/c1-2-15-9-17(23-12-22-15)24-7-3-6-19(11-24,18(25)26)10-13-4-5-14(20)8-16(13)21/h4-5,8-9,12H,2-3,6-7,10-11H2,1H3,(H,25,26)/t19-/m0/s1. The molecule has 5 nitrogen and oxygen atoms in total. The number of carboxylic acids is 1. The van der Waals surface area contributed by atoms with Gasteiger partial charge in [-0.1, -0.05) is 13.0 Å². The van der Waals surface area contributed by atoms with Gasteiger partial charge < -0.3 is 10.0 Å². The highest BCUT2D eigenvalue weighted by atomic mass is 19.1. The van der Waals surface area contributed by atoms with Gasteiger partial charge in [0.15, 0.2) is 0 Å². The van der Waals surface area contributed by atoms with E-state index in [-0.39, 0.29) is 18.5 Å². The Bertz CT molecular complexity index is 815. The Labute approximate surface area is 150 Å². The van der Waals surface area contributed by atoms with E-state index in [2.05, 4.69) is 9.97 Å². The Hall–Kier alpha value is -2.57. The molecule has 1 aromatic carbocycles. The third-order valence-electron chi connectivity index (χ3n) is 4.97. The van der Waals surface area contributed by atoms with Gasteiger partial charge in [-0.2, -0.15) is 0 Å². The van der Waals surface area contributed by atoms with Crippen LogP contribution in [-0.2, 0) is 17.6 Å². The zero-order valence-corrected chi connectivity index (χ0v) is 14.6. The molecule has 2 heterocycles. The lowest BCUT2D eigenvalue weighted by Gasteiger charge is -2.40. The van der Waals surface area contributed by atoms with E-state index in [1.807, 2.05) is 17.9 Å². The van der Waals surface area contributed by atoms with Crippen molar-refractivity contribution in [3.63, 3.8) is 0 Å². The highest BCUT2D eigenvalue weighted by molar-refractivity contribution is 5.76. The lowest BCUT2D eigenvalue weighted by molar-refractivity contribution is -0.149. The molecular formula is C19H21F2N3O2. The number of carboxylic acid groups (broad SMARTS) is 1. The molecule has 0 aliphatic carbocycles. The number of benzene rings is 1. The number of hydrogen-bond acceptors (Lipinski definition) is 4. The molecule has 1 aromatic heterocycles. The second-order valence-electron chi connectivity index (χ2n) is 6.74. The summed E-state index contributed by atoms with van der Waals surface area (Å²) in [5.74, 6) is -1.68. The van der Waals surface area contributed by atoms with Crippen LogP contribution in [0.25, 0.3) is 0 Å². The van der Waals surface area contributed by atoms with Crippen LogP contribution in [0.5, 0.6) is 0 Å². The summed E-state index contributed by atoms with van der Waals surface area (Å²) in [6, 6.07) is 5.14. The molecular weight excluding hydrogens is 340 g/mol. The summed E-state index contributed by atoms with van der Waals surface area (Å²) in [6.45, 7) is 2.89. The summed E-state index contributed by atoms with van der Waals surface area (Å²) in [6.07, 6.45) is 3.33. The third kappa shape index (κ3) is 3.66. The van der Waals surface area contributed by atoms with E-state index in [9.17, 15) is 18.7 Å². The van der Waals surface area contributed by atoms with Crippen LogP contribution in [-0.4, -0.2) is 34.1 Å². The van der Waals surface area contributed by atoms with Crippen molar-refractivity contribution in [1.82, 2.24) is 9.97 Å².